The minimum atomic E-state index is -0.448. The van der Waals surface area contributed by atoms with Crippen LogP contribution in [0.3, 0.4) is 0 Å². The molecule has 0 radical (unpaired) electrons. The number of nitrogens with one attached hydrogen (secondary N) is 1. The van der Waals surface area contributed by atoms with Gasteiger partial charge in [-0.1, -0.05) is 111 Å². The third-order valence-corrected chi connectivity index (χ3v) is 7.63. The second-order valence-electron chi connectivity index (χ2n) is 11.7. The third kappa shape index (κ3) is 14.9. The normalized spacial score (nSPS) is 21.5. The van der Waals surface area contributed by atoms with Crippen molar-refractivity contribution in [2.24, 2.45) is 15.9 Å². The van der Waals surface area contributed by atoms with Crippen molar-refractivity contribution in [2.75, 3.05) is 33.9 Å². The molecule has 0 spiro atoms. The number of allylic oxidation sites excluding steroid dienone is 7. The highest BCUT2D eigenvalue weighted by molar-refractivity contribution is 6.08. The van der Waals surface area contributed by atoms with Crippen molar-refractivity contribution in [2.45, 2.75) is 78.0 Å². The van der Waals surface area contributed by atoms with Crippen LogP contribution in [-0.4, -0.2) is 73.7 Å². The Hall–Kier alpha value is -3.32. The molecule has 1 heterocycles. The van der Waals surface area contributed by atoms with Gasteiger partial charge >= 0.3 is 0 Å². The number of hydrogen-bond donors (Lipinski definition) is 2. The molecule has 0 amide bonds. The first-order valence-electron chi connectivity index (χ1n) is 16.1. The van der Waals surface area contributed by atoms with Crippen molar-refractivity contribution in [1.82, 2.24) is 10.2 Å². The van der Waals surface area contributed by atoms with Crippen molar-refractivity contribution >= 4 is 11.7 Å². The molecular weight excluding hydrogens is 544 g/mol. The maximum Gasteiger partial charge on any atom is 0.135 e. The quantitative estimate of drug-likeness (QED) is 0.275. The van der Waals surface area contributed by atoms with Crippen LogP contribution < -0.4 is 5.32 Å². The molecule has 3 aliphatic rings. The Bertz CT molecular complexity index is 1180. The molecule has 0 aromatic heterocycles. The Morgan fingerprint density at radius 3 is 2.43 bits per heavy atom. The molecule has 1 aromatic carbocycles. The molecule has 4 rings (SSSR count). The molecule has 1 aliphatic heterocycles. The lowest BCUT2D eigenvalue weighted by molar-refractivity contribution is 0.0450. The van der Waals surface area contributed by atoms with Crippen LogP contribution in [0.5, 0.6) is 0 Å². The van der Waals surface area contributed by atoms with Crippen LogP contribution in [0.1, 0.15) is 58.4 Å². The molecule has 6 nitrogen and oxygen atoms in total. The number of aliphatic imine (C=N–C) groups is 2. The van der Waals surface area contributed by atoms with E-state index < -0.39 is 6.10 Å². The van der Waals surface area contributed by atoms with Crippen LogP contribution in [-0.2, 0) is 4.74 Å². The molecule has 1 saturated carbocycles. The number of nitrogens with zero attached hydrogens (tertiary/aromatic N) is 3. The lowest BCUT2D eigenvalue weighted by Gasteiger charge is -2.29. The number of hydrogen-bond acceptors (Lipinski definition) is 6. The van der Waals surface area contributed by atoms with Crippen LogP contribution >= 0.6 is 0 Å². The summed E-state index contributed by atoms with van der Waals surface area (Å²) in [5.74, 6) is 2.75. The maximum absolute atomic E-state index is 9.96. The number of aliphatic hydroxyl groups is 1. The molecule has 0 bridgehead atoms. The largest absolute Gasteiger partial charge is 0.389 e. The van der Waals surface area contributed by atoms with Crippen molar-refractivity contribution in [3.63, 3.8) is 0 Å². The van der Waals surface area contributed by atoms with Gasteiger partial charge in [0.15, 0.2) is 0 Å². The van der Waals surface area contributed by atoms with Crippen molar-refractivity contribution in [1.29, 1.82) is 0 Å². The van der Waals surface area contributed by atoms with Crippen molar-refractivity contribution in [3.8, 4) is 0 Å². The molecule has 0 saturated heterocycles. The van der Waals surface area contributed by atoms with Crippen LogP contribution in [0.25, 0.3) is 0 Å². The summed E-state index contributed by atoms with van der Waals surface area (Å²) in [5, 5.41) is 13.4. The molecule has 1 fully saturated rings. The first-order valence-corrected chi connectivity index (χ1v) is 16.1. The number of aliphatic hydroxyl groups excluding tert-OH is 1. The highest BCUT2D eigenvalue weighted by Gasteiger charge is 2.22. The van der Waals surface area contributed by atoms with Crippen molar-refractivity contribution in [3.05, 3.63) is 108 Å². The van der Waals surface area contributed by atoms with E-state index in [1.165, 1.54) is 37.7 Å². The number of benzene rings is 1. The molecule has 240 valence electrons. The standard InChI is InChI=1S/C19H33NO2.C12H15N3.C7H8/c1-4-6-7-8-16(3)14-22-15-19(21)13-20-18-11-9-17(5-2)10-12-18;1-9-13-11-8-6-4-5-7-10(11)12(14-9)15(2)3;1-7-5-3-2-4-6-7/h4,6-8,17-21H,3,5,9-15H2,1-2H3;4-8,11H,1-3H3;2-6H,1H3/b6-4-,8-7-;;/t17?,18?,19-;;/m0../s1. The van der Waals surface area contributed by atoms with Gasteiger partial charge in [-0.2, -0.15) is 0 Å². The van der Waals surface area contributed by atoms with Gasteiger partial charge in [0, 0.05) is 32.3 Å². The number of ether oxygens (including phenoxy) is 1. The van der Waals surface area contributed by atoms with E-state index in [4.69, 9.17) is 4.74 Å². The summed E-state index contributed by atoms with van der Waals surface area (Å²) in [6.45, 7) is 13.6. The second-order valence-corrected chi connectivity index (χ2v) is 11.7. The molecule has 2 atom stereocenters. The van der Waals surface area contributed by atoms with Gasteiger partial charge in [0.1, 0.15) is 11.7 Å². The summed E-state index contributed by atoms with van der Waals surface area (Å²) < 4.78 is 5.50. The van der Waals surface area contributed by atoms with Gasteiger partial charge in [0.25, 0.3) is 0 Å². The first-order chi connectivity index (χ1) is 21.2. The van der Waals surface area contributed by atoms with Crippen LogP contribution in [0.15, 0.2) is 113 Å². The van der Waals surface area contributed by atoms with Gasteiger partial charge in [0.05, 0.1) is 25.4 Å². The van der Waals surface area contributed by atoms with Gasteiger partial charge < -0.3 is 20.1 Å². The first kappa shape index (κ1) is 36.9. The minimum Gasteiger partial charge on any atom is -0.389 e. The topological polar surface area (TPSA) is 69.5 Å². The van der Waals surface area contributed by atoms with E-state index in [-0.39, 0.29) is 6.04 Å². The molecule has 44 heavy (non-hydrogen) atoms. The second kappa shape index (κ2) is 21.4. The van der Waals surface area contributed by atoms with E-state index in [1.54, 1.807) is 0 Å². The lowest BCUT2D eigenvalue weighted by atomic mass is 9.84. The molecule has 1 aromatic rings. The zero-order chi connectivity index (χ0) is 32.2. The van der Waals surface area contributed by atoms with E-state index in [0.29, 0.717) is 25.8 Å². The van der Waals surface area contributed by atoms with Gasteiger partial charge in [-0.05, 0) is 57.9 Å². The van der Waals surface area contributed by atoms with Gasteiger partial charge in [-0.25, -0.2) is 4.99 Å². The number of rotatable bonds is 10. The van der Waals surface area contributed by atoms with Gasteiger partial charge in [-0.15, -0.1) is 0 Å². The van der Waals surface area contributed by atoms with E-state index in [1.807, 2.05) is 93.6 Å². The number of likely N-dealkylation sites (N-methyl/N-ethyl adjacent to an activating group) is 1. The fraction of sp³-hybridized carbons (Fsp3) is 0.474. The Morgan fingerprint density at radius 1 is 1.09 bits per heavy atom. The predicted molar refractivity (Wildman–Crippen MR) is 190 cm³/mol. The third-order valence-electron chi connectivity index (χ3n) is 7.63. The number of amidine groups is 2. The average Bonchev–Trinajstić information content (AvgIpc) is 3.26. The summed E-state index contributed by atoms with van der Waals surface area (Å²) in [4.78, 5) is 11.0. The zero-order valence-corrected chi connectivity index (χ0v) is 28.0. The molecule has 2 aliphatic carbocycles. The lowest BCUT2D eigenvalue weighted by Crippen LogP contribution is -2.39. The van der Waals surface area contributed by atoms with E-state index in [9.17, 15) is 5.11 Å². The summed E-state index contributed by atoms with van der Waals surface area (Å²) >= 11 is 0. The van der Waals surface area contributed by atoms with E-state index >= 15 is 0 Å². The Labute approximate surface area is 267 Å². The molecular formula is C38H56N4O2. The van der Waals surface area contributed by atoms with Crippen LogP contribution in [0.4, 0.5) is 0 Å². The summed E-state index contributed by atoms with van der Waals surface area (Å²) in [6, 6.07) is 10.9. The molecule has 2 N–H and O–H groups in total. The highest BCUT2D eigenvalue weighted by Crippen LogP contribution is 2.26. The fourth-order valence-corrected chi connectivity index (χ4v) is 5.07. The van der Waals surface area contributed by atoms with Gasteiger partial charge in [0.2, 0.25) is 0 Å². The maximum atomic E-state index is 9.96. The monoisotopic (exact) mass is 600 g/mol. The Kier molecular flexibility index (Phi) is 17.9. The number of fused-ring (bicyclic) bond motifs is 1. The number of aryl methyl sites for hydroxylation is 1. The van der Waals surface area contributed by atoms with Crippen molar-refractivity contribution < 1.29 is 9.84 Å². The van der Waals surface area contributed by atoms with Gasteiger partial charge in [-0.3, -0.25) is 4.99 Å². The predicted octanol–water partition coefficient (Wildman–Crippen LogP) is 7.41. The summed E-state index contributed by atoms with van der Waals surface area (Å²) in [7, 11) is 4.02. The van der Waals surface area contributed by atoms with E-state index in [0.717, 1.165) is 28.7 Å². The Balaban J connectivity index is 0.000000261. The van der Waals surface area contributed by atoms with Crippen LogP contribution in [0, 0.1) is 12.8 Å². The molecule has 1 unspecified atom stereocenters. The SMILES string of the molecule is C=C(/C=C\C=C/C)COC[C@@H](O)CNC1CCC(CC)CC1.CC1=NC2C=CC=CC=C2C(N(C)C)=N1.Cc1ccccc1. The van der Waals surface area contributed by atoms with Crippen LogP contribution in [0.2, 0.25) is 0 Å². The average molecular weight is 601 g/mol. The summed E-state index contributed by atoms with van der Waals surface area (Å²) in [5.41, 5.74) is 3.40. The highest BCUT2D eigenvalue weighted by atomic mass is 16.5. The Morgan fingerprint density at radius 2 is 1.82 bits per heavy atom. The minimum absolute atomic E-state index is 0.120. The zero-order valence-electron chi connectivity index (χ0n) is 28.0. The van der Waals surface area contributed by atoms with E-state index in [2.05, 4.69) is 60.0 Å². The summed E-state index contributed by atoms with van der Waals surface area (Å²) in [6.07, 6.45) is 24.0. The smallest absolute Gasteiger partial charge is 0.135 e. The fourth-order valence-electron chi connectivity index (χ4n) is 5.07. The molecule has 6 heteroatoms.